The number of nitrogen functional groups attached to an aromatic ring is 1. The fraction of sp³-hybridized carbons (Fsp3) is 0.0833. The number of aryl methyl sites for hydroxylation is 1. The summed E-state index contributed by atoms with van der Waals surface area (Å²) in [6, 6.07) is 5.75. The van der Waals surface area contributed by atoms with Crippen LogP contribution in [0.4, 0.5) is 5.82 Å². The van der Waals surface area contributed by atoms with Gasteiger partial charge in [0.15, 0.2) is 0 Å². The van der Waals surface area contributed by atoms with Crippen molar-refractivity contribution in [3.8, 4) is 12.3 Å². The van der Waals surface area contributed by atoms with Crippen molar-refractivity contribution in [1.82, 2.24) is 4.98 Å². The molecular formula is C12H10N2. The molecule has 0 unspecified atom stereocenters. The van der Waals surface area contributed by atoms with Gasteiger partial charge in [-0.05, 0) is 36.1 Å². The molecule has 0 atom stereocenters. The number of benzene rings is 1. The SMILES string of the molecule is C#Cc1ccc2c(N)ncc(C)c2c1. The van der Waals surface area contributed by atoms with E-state index in [4.69, 9.17) is 12.2 Å². The van der Waals surface area contributed by atoms with E-state index in [1.807, 2.05) is 25.1 Å². The predicted molar refractivity (Wildman–Crippen MR) is 58.8 cm³/mol. The van der Waals surface area contributed by atoms with Gasteiger partial charge in [0.25, 0.3) is 0 Å². The van der Waals surface area contributed by atoms with E-state index in [0.717, 1.165) is 21.9 Å². The van der Waals surface area contributed by atoms with Crippen LogP contribution in [0.5, 0.6) is 0 Å². The molecule has 2 heteroatoms. The molecule has 1 aromatic heterocycles. The van der Waals surface area contributed by atoms with Crippen molar-refractivity contribution >= 4 is 16.6 Å². The second kappa shape index (κ2) is 3.04. The fourth-order valence-corrected chi connectivity index (χ4v) is 1.49. The van der Waals surface area contributed by atoms with Crippen LogP contribution in [0.3, 0.4) is 0 Å². The summed E-state index contributed by atoms with van der Waals surface area (Å²) >= 11 is 0. The first-order chi connectivity index (χ1) is 6.72. The lowest BCUT2D eigenvalue weighted by Crippen LogP contribution is -1.93. The number of hydrogen-bond acceptors (Lipinski definition) is 2. The molecular weight excluding hydrogens is 172 g/mol. The van der Waals surface area contributed by atoms with E-state index >= 15 is 0 Å². The number of nitrogens with zero attached hydrogens (tertiary/aromatic N) is 1. The van der Waals surface area contributed by atoms with Gasteiger partial charge in [0.05, 0.1) is 0 Å². The lowest BCUT2D eigenvalue weighted by Gasteiger charge is -2.04. The molecule has 0 saturated heterocycles. The molecule has 0 aliphatic carbocycles. The summed E-state index contributed by atoms with van der Waals surface area (Å²) in [6.45, 7) is 2.00. The molecule has 0 aliphatic rings. The van der Waals surface area contributed by atoms with Gasteiger partial charge >= 0.3 is 0 Å². The molecule has 0 saturated carbocycles. The maximum atomic E-state index is 5.75. The highest BCUT2D eigenvalue weighted by atomic mass is 14.8. The molecule has 2 N–H and O–H groups in total. The Kier molecular flexibility index (Phi) is 1.86. The summed E-state index contributed by atoms with van der Waals surface area (Å²) < 4.78 is 0. The van der Waals surface area contributed by atoms with Crippen molar-refractivity contribution < 1.29 is 0 Å². The number of pyridine rings is 1. The molecule has 1 heterocycles. The van der Waals surface area contributed by atoms with Gasteiger partial charge in [-0.3, -0.25) is 0 Å². The van der Waals surface area contributed by atoms with E-state index in [9.17, 15) is 0 Å². The van der Waals surface area contributed by atoms with E-state index in [0.29, 0.717) is 5.82 Å². The number of terminal acetylenes is 1. The molecule has 2 rings (SSSR count). The van der Waals surface area contributed by atoms with Crippen molar-refractivity contribution in [2.45, 2.75) is 6.92 Å². The average Bonchev–Trinajstić information content (AvgIpc) is 2.23. The zero-order chi connectivity index (χ0) is 10.1. The van der Waals surface area contributed by atoms with E-state index in [1.165, 1.54) is 0 Å². The third kappa shape index (κ3) is 1.20. The molecule has 0 fully saturated rings. The second-order valence-electron chi connectivity index (χ2n) is 3.23. The Bertz CT molecular complexity index is 536. The third-order valence-electron chi connectivity index (χ3n) is 2.28. The molecule has 68 valence electrons. The molecule has 14 heavy (non-hydrogen) atoms. The van der Waals surface area contributed by atoms with Crippen LogP contribution < -0.4 is 5.73 Å². The molecule has 0 spiro atoms. The molecule has 0 aliphatic heterocycles. The number of anilines is 1. The summed E-state index contributed by atoms with van der Waals surface area (Å²) in [6.07, 6.45) is 7.09. The van der Waals surface area contributed by atoms with Crippen molar-refractivity contribution in [2.75, 3.05) is 5.73 Å². The molecule has 2 nitrogen and oxygen atoms in total. The van der Waals surface area contributed by atoms with E-state index in [-0.39, 0.29) is 0 Å². The van der Waals surface area contributed by atoms with E-state index < -0.39 is 0 Å². The summed E-state index contributed by atoms with van der Waals surface area (Å²) in [4.78, 5) is 4.09. The standard InChI is InChI=1S/C12H10N2/c1-3-9-4-5-10-11(6-9)8(2)7-14-12(10)13/h1,4-7H,2H3,(H2,13,14). The molecule has 1 aromatic carbocycles. The van der Waals surface area contributed by atoms with Crippen LogP contribution in [0.2, 0.25) is 0 Å². The summed E-state index contributed by atoms with van der Waals surface area (Å²) in [5.41, 5.74) is 7.71. The smallest absolute Gasteiger partial charge is 0.131 e. The number of rotatable bonds is 0. The largest absolute Gasteiger partial charge is 0.383 e. The number of hydrogen-bond donors (Lipinski definition) is 1. The van der Waals surface area contributed by atoms with Crippen LogP contribution in [0.1, 0.15) is 11.1 Å². The quantitative estimate of drug-likeness (QED) is 0.634. The zero-order valence-corrected chi connectivity index (χ0v) is 7.91. The van der Waals surface area contributed by atoms with Gasteiger partial charge in [0.1, 0.15) is 5.82 Å². The summed E-state index contributed by atoms with van der Waals surface area (Å²) in [7, 11) is 0. The van der Waals surface area contributed by atoms with Crippen LogP contribution in [-0.2, 0) is 0 Å². The topological polar surface area (TPSA) is 38.9 Å². The van der Waals surface area contributed by atoms with Gasteiger partial charge in [-0.25, -0.2) is 4.98 Å². The van der Waals surface area contributed by atoms with Gasteiger partial charge in [0.2, 0.25) is 0 Å². The van der Waals surface area contributed by atoms with E-state index in [1.54, 1.807) is 6.20 Å². The molecule has 2 aromatic rings. The Morgan fingerprint density at radius 3 is 2.86 bits per heavy atom. The van der Waals surface area contributed by atoms with Crippen LogP contribution in [-0.4, -0.2) is 4.98 Å². The van der Waals surface area contributed by atoms with Gasteiger partial charge in [-0.1, -0.05) is 5.92 Å². The van der Waals surface area contributed by atoms with Crippen LogP contribution >= 0.6 is 0 Å². The van der Waals surface area contributed by atoms with Gasteiger partial charge in [0, 0.05) is 17.1 Å². The normalized spacial score (nSPS) is 10.0. The van der Waals surface area contributed by atoms with Crippen molar-refractivity contribution in [2.24, 2.45) is 0 Å². The number of aromatic nitrogens is 1. The minimum Gasteiger partial charge on any atom is -0.383 e. The number of fused-ring (bicyclic) bond motifs is 1. The maximum absolute atomic E-state index is 5.75. The van der Waals surface area contributed by atoms with Crippen molar-refractivity contribution in [3.63, 3.8) is 0 Å². The Morgan fingerprint density at radius 1 is 1.36 bits per heavy atom. The summed E-state index contributed by atoms with van der Waals surface area (Å²) in [5, 5.41) is 2.04. The highest BCUT2D eigenvalue weighted by Crippen LogP contribution is 2.22. The lowest BCUT2D eigenvalue weighted by atomic mass is 10.1. The van der Waals surface area contributed by atoms with Crippen LogP contribution in [0.25, 0.3) is 10.8 Å². The van der Waals surface area contributed by atoms with Gasteiger partial charge in [-0.15, -0.1) is 6.42 Å². The Hall–Kier alpha value is -2.01. The van der Waals surface area contributed by atoms with E-state index in [2.05, 4.69) is 10.9 Å². The first-order valence-electron chi connectivity index (χ1n) is 4.34. The first kappa shape index (κ1) is 8.58. The van der Waals surface area contributed by atoms with Gasteiger partial charge in [-0.2, -0.15) is 0 Å². The predicted octanol–water partition coefficient (Wildman–Crippen LogP) is 2.11. The maximum Gasteiger partial charge on any atom is 0.131 e. The van der Waals surface area contributed by atoms with Crippen LogP contribution in [0.15, 0.2) is 24.4 Å². The fourth-order valence-electron chi connectivity index (χ4n) is 1.49. The molecule has 0 bridgehead atoms. The Labute approximate surface area is 82.8 Å². The van der Waals surface area contributed by atoms with Gasteiger partial charge < -0.3 is 5.73 Å². The highest BCUT2D eigenvalue weighted by Gasteiger charge is 2.02. The Balaban J connectivity index is 2.89. The lowest BCUT2D eigenvalue weighted by molar-refractivity contribution is 1.31. The minimum atomic E-state index is 0.550. The monoisotopic (exact) mass is 182 g/mol. The number of nitrogens with two attached hydrogens (primary N) is 1. The third-order valence-corrected chi connectivity index (χ3v) is 2.28. The van der Waals surface area contributed by atoms with Crippen LogP contribution in [0, 0.1) is 19.3 Å². The highest BCUT2D eigenvalue weighted by molar-refractivity contribution is 5.93. The average molecular weight is 182 g/mol. The molecule has 0 amide bonds. The minimum absolute atomic E-state index is 0.550. The second-order valence-corrected chi connectivity index (χ2v) is 3.23. The van der Waals surface area contributed by atoms with Crippen molar-refractivity contribution in [1.29, 1.82) is 0 Å². The Morgan fingerprint density at radius 2 is 2.14 bits per heavy atom. The first-order valence-corrected chi connectivity index (χ1v) is 4.34. The zero-order valence-electron chi connectivity index (χ0n) is 7.91. The summed E-state index contributed by atoms with van der Waals surface area (Å²) in [5.74, 6) is 3.15. The van der Waals surface area contributed by atoms with Crippen molar-refractivity contribution in [3.05, 3.63) is 35.5 Å². The molecule has 0 radical (unpaired) electrons.